The summed E-state index contributed by atoms with van der Waals surface area (Å²) in [6.07, 6.45) is 2.01. The number of nitrogens with one attached hydrogen (secondary N) is 2. The van der Waals surface area contributed by atoms with E-state index in [2.05, 4.69) is 10.6 Å². The summed E-state index contributed by atoms with van der Waals surface area (Å²) in [4.78, 5) is 24.3. The normalized spacial score (nSPS) is 15.3. The average Bonchev–Trinajstić information content (AvgIpc) is 3.29. The van der Waals surface area contributed by atoms with Gasteiger partial charge in [0.2, 0.25) is 11.8 Å². The zero-order chi connectivity index (χ0) is 16.2. The number of amides is 2. The number of rotatable bonds is 7. The van der Waals surface area contributed by atoms with Gasteiger partial charge in [0.05, 0.1) is 7.11 Å². The molecular formula is C17H24N2O3. The molecule has 0 unspecified atom stereocenters. The molecule has 0 atom stereocenters. The monoisotopic (exact) mass is 304 g/mol. The molecule has 0 aromatic heterocycles. The van der Waals surface area contributed by atoms with Crippen LogP contribution in [-0.2, 0) is 16.0 Å². The molecule has 0 bridgehead atoms. The summed E-state index contributed by atoms with van der Waals surface area (Å²) in [5.41, 5.74) is 0.294. The van der Waals surface area contributed by atoms with Crippen molar-refractivity contribution in [2.45, 2.75) is 39.2 Å². The van der Waals surface area contributed by atoms with E-state index in [1.54, 1.807) is 7.11 Å². The molecular weight excluding hydrogens is 280 g/mol. The maximum absolute atomic E-state index is 12.2. The lowest BCUT2D eigenvalue weighted by atomic mass is 10.0. The summed E-state index contributed by atoms with van der Waals surface area (Å²) >= 11 is 0. The largest absolute Gasteiger partial charge is 0.497 e. The van der Waals surface area contributed by atoms with E-state index in [1.807, 2.05) is 38.1 Å². The molecule has 22 heavy (non-hydrogen) atoms. The number of benzene rings is 1. The van der Waals surface area contributed by atoms with Gasteiger partial charge < -0.3 is 15.4 Å². The molecule has 0 saturated heterocycles. The third kappa shape index (κ3) is 3.78. The van der Waals surface area contributed by atoms with Crippen LogP contribution in [0, 0.1) is 5.41 Å². The molecule has 5 heteroatoms. The molecule has 0 aliphatic heterocycles. The minimum Gasteiger partial charge on any atom is -0.497 e. The van der Waals surface area contributed by atoms with Crippen LogP contribution in [0.2, 0.25) is 0 Å². The van der Waals surface area contributed by atoms with Crippen LogP contribution in [0.1, 0.15) is 32.3 Å². The average molecular weight is 304 g/mol. The van der Waals surface area contributed by atoms with Gasteiger partial charge in [-0.2, -0.15) is 0 Å². The molecule has 5 nitrogen and oxygen atoms in total. The minimum absolute atomic E-state index is 0.0528. The maximum atomic E-state index is 12.2. The Morgan fingerprint density at radius 2 is 1.82 bits per heavy atom. The van der Waals surface area contributed by atoms with Gasteiger partial charge in [0.25, 0.3) is 0 Å². The van der Waals surface area contributed by atoms with Crippen molar-refractivity contribution in [1.29, 1.82) is 0 Å². The third-order valence-electron chi connectivity index (χ3n) is 3.90. The first-order chi connectivity index (χ1) is 10.5. The molecule has 2 amide bonds. The standard InChI is InChI=1S/C17H24N2O3/c1-12(2)19-16(21)17(9-10-17)15(20)18-11-8-13-4-6-14(22-3)7-5-13/h4-7,12H,8-11H2,1-3H3,(H,18,20)(H,19,21). The van der Waals surface area contributed by atoms with E-state index in [0.29, 0.717) is 19.4 Å². The summed E-state index contributed by atoms with van der Waals surface area (Å²) in [5, 5.41) is 5.72. The second kappa shape index (κ2) is 6.81. The van der Waals surface area contributed by atoms with Gasteiger partial charge in [-0.15, -0.1) is 0 Å². The maximum Gasteiger partial charge on any atom is 0.235 e. The van der Waals surface area contributed by atoms with Gasteiger partial charge in [-0.05, 0) is 50.8 Å². The van der Waals surface area contributed by atoms with Crippen molar-refractivity contribution in [2.24, 2.45) is 5.41 Å². The first-order valence-electron chi connectivity index (χ1n) is 7.70. The van der Waals surface area contributed by atoms with Crippen molar-refractivity contribution in [3.05, 3.63) is 29.8 Å². The highest BCUT2D eigenvalue weighted by atomic mass is 16.5. The SMILES string of the molecule is COc1ccc(CCNC(=O)C2(C(=O)NC(C)C)CC2)cc1. The Kier molecular flexibility index (Phi) is 5.06. The van der Waals surface area contributed by atoms with Crippen molar-refractivity contribution in [1.82, 2.24) is 10.6 Å². The number of carbonyl (C=O) groups excluding carboxylic acids is 2. The first kappa shape index (κ1) is 16.3. The molecule has 1 aliphatic rings. The summed E-state index contributed by atoms with van der Waals surface area (Å²) in [5.74, 6) is 0.513. The molecule has 2 rings (SSSR count). The fraction of sp³-hybridized carbons (Fsp3) is 0.529. The van der Waals surface area contributed by atoms with Crippen LogP contribution in [0.3, 0.4) is 0 Å². The van der Waals surface area contributed by atoms with Crippen molar-refractivity contribution in [3.63, 3.8) is 0 Å². The van der Waals surface area contributed by atoms with Crippen LogP contribution in [-0.4, -0.2) is 31.5 Å². The van der Waals surface area contributed by atoms with Gasteiger partial charge in [0, 0.05) is 12.6 Å². The number of hydrogen-bond acceptors (Lipinski definition) is 3. The smallest absolute Gasteiger partial charge is 0.235 e. The molecule has 0 heterocycles. The van der Waals surface area contributed by atoms with E-state index in [1.165, 1.54) is 0 Å². The molecule has 1 saturated carbocycles. The summed E-state index contributed by atoms with van der Waals surface area (Å²) in [7, 11) is 1.63. The van der Waals surface area contributed by atoms with Crippen LogP contribution < -0.4 is 15.4 Å². The highest BCUT2D eigenvalue weighted by Crippen LogP contribution is 2.46. The second-order valence-corrected chi connectivity index (χ2v) is 6.06. The number of ether oxygens (including phenoxy) is 1. The number of hydrogen-bond donors (Lipinski definition) is 2. The predicted octanol–water partition coefficient (Wildman–Crippen LogP) is 1.66. The Bertz CT molecular complexity index is 533. The molecule has 1 aromatic carbocycles. The van der Waals surface area contributed by atoms with Crippen molar-refractivity contribution in [3.8, 4) is 5.75 Å². The van der Waals surface area contributed by atoms with Crippen LogP contribution in [0.5, 0.6) is 5.75 Å². The van der Waals surface area contributed by atoms with E-state index in [-0.39, 0.29) is 17.9 Å². The van der Waals surface area contributed by atoms with E-state index < -0.39 is 5.41 Å². The van der Waals surface area contributed by atoms with E-state index in [0.717, 1.165) is 17.7 Å². The second-order valence-electron chi connectivity index (χ2n) is 6.06. The molecule has 120 valence electrons. The lowest BCUT2D eigenvalue weighted by Crippen LogP contribution is -2.45. The zero-order valence-corrected chi connectivity index (χ0v) is 13.4. The van der Waals surface area contributed by atoms with Crippen molar-refractivity contribution in [2.75, 3.05) is 13.7 Å². The Morgan fingerprint density at radius 1 is 1.18 bits per heavy atom. The Morgan fingerprint density at radius 3 is 2.32 bits per heavy atom. The molecule has 0 spiro atoms. The van der Waals surface area contributed by atoms with E-state index in [4.69, 9.17) is 4.74 Å². The molecule has 1 fully saturated rings. The van der Waals surface area contributed by atoms with Gasteiger partial charge in [0.15, 0.2) is 0 Å². The van der Waals surface area contributed by atoms with Gasteiger partial charge in [0.1, 0.15) is 11.2 Å². The summed E-state index contributed by atoms with van der Waals surface area (Å²) in [6.45, 7) is 4.33. The van der Waals surface area contributed by atoms with Gasteiger partial charge >= 0.3 is 0 Å². The topological polar surface area (TPSA) is 67.4 Å². The van der Waals surface area contributed by atoms with Crippen LogP contribution >= 0.6 is 0 Å². The quantitative estimate of drug-likeness (QED) is 0.753. The van der Waals surface area contributed by atoms with Gasteiger partial charge in [-0.25, -0.2) is 0 Å². The predicted molar refractivity (Wildman–Crippen MR) is 84.7 cm³/mol. The summed E-state index contributed by atoms with van der Waals surface area (Å²) in [6, 6.07) is 7.80. The van der Waals surface area contributed by atoms with Crippen LogP contribution in [0.25, 0.3) is 0 Å². The Labute approximate surface area is 131 Å². The van der Waals surface area contributed by atoms with Gasteiger partial charge in [-0.1, -0.05) is 12.1 Å². The highest BCUT2D eigenvalue weighted by Gasteiger charge is 2.56. The Balaban J connectivity index is 1.81. The molecule has 0 radical (unpaired) electrons. The molecule has 2 N–H and O–H groups in total. The lowest BCUT2D eigenvalue weighted by molar-refractivity contribution is -0.137. The Hall–Kier alpha value is -2.04. The van der Waals surface area contributed by atoms with Crippen molar-refractivity contribution < 1.29 is 14.3 Å². The van der Waals surface area contributed by atoms with E-state index in [9.17, 15) is 9.59 Å². The minimum atomic E-state index is -0.829. The highest BCUT2D eigenvalue weighted by molar-refractivity contribution is 6.07. The summed E-state index contributed by atoms with van der Waals surface area (Å²) < 4.78 is 5.11. The fourth-order valence-corrected chi connectivity index (χ4v) is 2.36. The zero-order valence-electron chi connectivity index (χ0n) is 13.4. The van der Waals surface area contributed by atoms with E-state index >= 15 is 0 Å². The molecule has 1 aliphatic carbocycles. The number of methoxy groups -OCH3 is 1. The number of carbonyl (C=O) groups is 2. The van der Waals surface area contributed by atoms with Gasteiger partial charge in [-0.3, -0.25) is 9.59 Å². The van der Waals surface area contributed by atoms with Crippen LogP contribution in [0.4, 0.5) is 0 Å². The third-order valence-corrected chi connectivity index (χ3v) is 3.90. The first-order valence-corrected chi connectivity index (χ1v) is 7.70. The van der Waals surface area contributed by atoms with Crippen molar-refractivity contribution >= 4 is 11.8 Å². The lowest BCUT2D eigenvalue weighted by Gasteiger charge is -2.17. The van der Waals surface area contributed by atoms with Crippen LogP contribution in [0.15, 0.2) is 24.3 Å². The molecule has 1 aromatic rings. The fourth-order valence-electron chi connectivity index (χ4n) is 2.36.